The molecule has 1 amide bonds. The van der Waals surface area contributed by atoms with Gasteiger partial charge in [0, 0.05) is 30.4 Å². The molecular formula is C13H20ClNO3S. The van der Waals surface area contributed by atoms with Gasteiger partial charge in [0.1, 0.15) is 0 Å². The fraction of sp³-hybridized carbons (Fsp3) is 0.615. The van der Waals surface area contributed by atoms with Gasteiger partial charge in [-0.25, -0.2) is 0 Å². The molecular weight excluding hydrogens is 286 g/mol. The van der Waals surface area contributed by atoms with Crippen LogP contribution in [0.4, 0.5) is 0 Å². The van der Waals surface area contributed by atoms with Gasteiger partial charge in [0.05, 0.1) is 17.2 Å². The third-order valence-electron chi connectivity index (χ3n) is 2.79. The summed E-state index contributed by atoms with van der Waals surface area (Å²) in [5.41, 5.74) is -0.520. The van der Waals surface area contributed by atoms with Crippen LogP contribution in [0.5, 0.6) is 0 Å². The van der Waals surface area contributed by atoms with E-state index in [1.54, 1.807) is 18.4 Å². The molecule has 0 fully saturated rings. The largest absolute Gasteiger partial charge is 0.396 e. The van der Waals surface area contributed by atoms with Crippen LogP contribution in [0.2, 0.25) is 5.02 Å². The summed E-state index contributed by atoms with van der Waals surface area (Å²) in [6.45, 7) is 2.26. The Bertz CT molecular complexity index is 402. The highest BCUT2D eigenvalue weighted by Gasteiger charge is 2.25. The third-order valence-corrected chi connectivity index (χ3v) is 4.13. The first-order valence-electron chi connectivity index (χ1n) is 6.13. The van der Waals surface area contributed by atoms with Gasteiger partial charge in [-0.1, -0.05) is 11.6 Å². The molecule has 0 saturated heterocycles. The number of amides is 1. The molecule has 19 heavy (non-hydrogen) atoms. The fourth-order valence-electron chi connectivity index (χ4n) is 1.86. The van der Waals surface area contributed by atoms with Crippen LogP contribution in [0.3, 0.4) is 0 Å². The van der Waals surface area contributed by atoms with Crippen LogP contribution < -0.4 is 5.32 Å². The van der Waals surface area contributed by atoms with E-state index in [1.165, 1.54) is 0 Å². The molecule has 108 valence electrons. The Labute approximate surface area is 122 Å². The molecule has 4 nitrogen and oxygen atoms in total. The number of nitrogens with one attached hydrogen (secondary N) is 1. The van der Waals surface area contributed by atoms with E-state index in [-0.39, 0.29) is 12.5 Å². The van der Waals surface area contributed by atoms with Gasteiger partial charge < -0.3 is 15.2 Å². The van der Waals surface area contributed by atoms with Gasteiger partial charge in [0.25, 0.3) is 0 Å². The summed E-state index contributed by atoms with van der Waals surface area (Å²) in [7, 11) is 1.58. The minimum Gasteiger partial charge on any atom is -0.396 e. The van der Waals surface area contributed by atoms with Crippen molar-refractivity contribution in [1.29, 1.82) is 0 Å². The van der Waals surface area contributed by atoms with Gasteiger partial charge >= 0.3 is 0 Å². The number of hydrogen-bond acceptors (Lipinski definition) is 4. The van der Waals surface area contributed by atoms with Gasteiger partial charge in [0.15, 0.2) is 0 Å². The quantitative estimate of drug-likeness (QED) is 0.774. The van der Waals surface area contributed by atoms with E-state index in [9.17, 15) is 4.79 Å². The Morgan fingerprint density at radius 3 is 2.89 bits per heavy atom. The van der Waals surface area contributed by atoms with Gasteiger partial charge in [-0.15, -0.1) is 11.3 Å². The monoisotopic (exact) mass is 305 g/mol. The van der Waals surface area contributed by atoms with E-state index in [2.05, 4.69) is 5.32 Å². The number of thiophene rings is 1. The maximum Gasteiger partial charge on any atom is 0.220 e. The predicted molar refractivity (Wildman–Crippen MR) is 77.8 cm³/mol. The molecule has 2 N–H and O–H groups in total. The zero-order valence-corrected chi connectivity index (χ0v) is 12.8. The van der Waals surface area contributed by atoms with E-state index in [0.29, 0.717) is 30.9 Å². The third kappa shape index (κ3) is 5.91. The maximum absolute atomic E-state index is 11.9. The summed E-state index contributed by atoms with van der Waals surface area (Å²) >= 11 is 7.38. The number of ether oxygens (including phenoxy) is 1. The lowest BCUT2D eigenvalue weighted by Gasteiger charge is -2.29. The Kier molecular flexibility index (Phi) is 6.79. The van der Waals surface area contributed by atoms with Crippen LogP contribution in [0.1, 0.15) is 24.6 Å². The highest BCUT2D eigenvalue weighted by atomic mass is 35.5. The predicted octanol–water partition coefficient (Wildman–Crippen LogP) is 2.24. The molecule has 1 atom stereocenters. The van der Waals surface area contributed by atoms with E-state index in [4.69, 9.17) is 21.4 Å². The summed E-state index contributed by atoms with van der Waals surface area (Å²) in [6.07, 6.45) is 1.55. The number of rotatable bonds is 8. The second kappa shape index (κ2) is 7.85. The highest BCUT2D eigenvalue weighted by Crippen LogP contribution is 2.20. The fourth-order valence-corrected chi connectivity index (χ4v) is 2.93. The van der Waals surface area contributed by atoms with Gasteiger partial charge in [-0.05, 0) is 25.8 Å². The Balaban J connectivity index is 2.44. The first-order valence-corrected chi connectivity index (χ1v) is 7.38. The maximum atomic E-state index is 11.9. The smallest absolute Gasteiger partial charge is 0.220 e. The number of aliphatic hydroxyl groups is 1. The topological polar surface area (TPSA) is 58.6 Å². The van der Waals surface area contributed by atoms with Crippen molar-refractivity contribution < 1.29 is 14.6 Å². The van der Waals surface area contributed by atoms with E-state index in [1.807, 2.05) is 18.4 Å². The van der Waals surface area contributed by atoms with Crippen molar-refractivity contribution in [3.63, 3.8) is 0 Å². The number of carbonyl (C=O) groups is 1. The lowest BCUT2D eigenvalue weighted by molar-refractivity contribution is -0.123. The van der Waals surface area contributed by atoms with Crippen molar-refractivity contribution in [3.05, 3.63) is 21.3 Å². The van der Waals surface area contributed by atoms with Crippen molar-refractivity contribution in [3.8, 4) is 0 Å². The van der Waals surface area contributed by atoms with Crippen molar-refractivity contribution in [2.75, 3.05) is 20.3 Å². The van der Waals surface area contributed by atoms with Crippen LogP contribution in [-0.2, 0) is 16.0 Å². The molecule has 0 radical (unpaired) electrons. The summed E-state index contributed by atoms with van der Waals surface area (Å²) < 4.78 is 5.09. The number of hydrogen-bond donors (Lipinski definition) is 2. The average molecular weight is 306 g/mol. The molecule has 0 aliphatic carbocycles. The van der Waals surface area contributed by atoms with E-state index < -0.39 is 5.54 Å². The molecule has 0 aliphatic heterocycles. The molecule has 0 bridgehead atoms. The van der Waals surface area contributed by atoms with Crippen LogP contribution in [0.25, 0.3) is 0 Å². The molecule has 1 rings (SSSR count). The molecule has 1 aromatic rings. The summed E-state index contributed by atoms with van der Waals surface area (Å²) in [4.78, 5) is 13.0. The second-order valence-corrected chi connectivity index (χ2v) is 6.18. The zero-order chi connectivity index (χ0) is 14.3. The number of aryl methyl sites for hydroxylation is 1. The molecule has 0 aromatic carbocycles. The second-order valence-electron chi connectivity index (χ2n) is 4.75. The minimum absolute atomic E-state index is 0.0146. The SMILES string of the molecule is COCC(C)(CCO)NC(=O)CCc1cc(Cl)cs1. The Hall–Kier alpha value is -0.620. The molecule has 0 aliphatic rings. The molecule has 1 unspecified atom stereocenters. The van der Waals surface area contributed by atoms with Gasteiger partial charge in [-0.3, -0.25) is 4.79 Å². The number of carbonyl (C=O) groups excluding carboxylic acids is 1. The highest BCUT2D eigenvalue weighted by molar-refractivity contribution is 7.10. The normalized spacial score (nSPS) is 14.1. The van der Waals surface area contributed by atoms with Crippen LogP contribution >= 0.6 is 22.9 Å². The van der Waals surface area contributed by atoms with Gasteiger partial charge in [0.2, 0.25) is 5.91 Å². The van der Waals surface area contributed by atoms with Gasteiger partial charge in [-0.2, -0.15) is 0 Å². The summed E-state index contributed by atoms with van der Waals surface area (Å²) in [5, 5.41) is 14.5. The van der Waals surface area contributed by atoms with Crippen molar-refractivity contribution in [1.82, 2.24) is 5.32 Å². The van der Waals surface area contributed by atoms with E-state index in [0.717, 1.165) is 4.88 Å². The molecule has 1 aromatic heterocycles. The van der Waals surface area contributed by atoms with E-state index >= 15 is 0 Å². The Morgan fingerprint density at radius 1 is 1.63 bits per heavy atom. The minimum atomic E-state index is -0.520. The van der Waals surface area contributed by atoms with Crippen LogP contribution in [-0.4, -0.2) is 36.9 Å². The lowest BCUT2D eigenvalue weighted by Crippen LogP contribution is -2.50. The molecule has 0 spiro atoms. The number of aliphatic hydroxyl groups excluding tert-OH is 1. The van der Waals surface area contributed by atoms with Crippen molar-refractivity contribution in [2.45, 2.75) is 31.7 Å². The number of halogens is 1. The summed E-state index contributed by atoms with van der Waals surface area (Å²) in [6, 6.07) is 1.88. The first kappa shape index (κ1) is 16.4. The van der Waals surface area contributed by atoms with Crippen LogP contribution in [0, 0.1) is 0 Å². The molecule has 1 heterocycles. The number of methoxy groups -OCH3 is 1. The lowest BCUT2D eigenvalue weighted by atomic mass is 9.99. The molecule has 0 saturated carbocycles. The van der Waals surface area contributed by atoms with Crippen LogP contribution in [0.15, 0.2) is 11.4 Å². The standard InChI is InChI=1S/C13H20ClNO3S/c1-13(5-6-16,9-18-2)15-12(17)4-3-11-7-10(14)8-19-11/h7-8,16H,3-6,9H2,1-2H3,(H,15,17). The first-order chi connectivity index (χ1) is 8.99. The average Bonchev–Trinajstić information content (AvgIpc) is 2.73. The van der Waals surface area contributed by atoms with Crippen molar-refractivity contribution >= 4 is 28.8 Å². The molecule has 6 heteroatoms. The summed E-state index contributed by atoms with van der Waals surface area (Å²) in [5.74, 6) is -0.0440. The zero-order valence-electron chi connectivity index (χ0n) is 11.2. The Morgan fingerprint density at radius 2 is 2.37 bits per heavy atom. The van der Waals surface area contributed by atoms with Crippen molar-refractivity contribution in [2.24, 2.45) is 0 Å².